The van der Waals surface area contributed by atoms with Crippen LogP contribution in [0.5, 0.6) is 0 Å². The van der Waals surface area contributed by atoms with Gasteiger partial charge in [0.1, 0.15) is 4.47 Å². The number of aromatic nitrogens is 4. The minimum Gasteiger partial charge on any atom is -0.374 e. The summed E-state index contributed by atoms with van der Waals surface area (Å²) in [6.07, 6.45) is 1.49. The molecule has 0 unspecified atom stereocenters. The fourth-order valence-corrected chi connectivity index (χ4v) is 1.42. The van der Waals surface area contributed by atoms with E-state index in [1.165, 1.54) is 6.20 Å². The molecule has 0 aliphatic heterocycles. The maximum absolute atomic E-state index is 11.2. The predicted molar refractivity (Wildman–Crippen MR) is 58.9 cm³/mol. The maximum Gasteiger partial charge on any atom is 0.280 e. The van der Waals surface area contributed by atoms with Gasteiger partial charge in [-0.1, -0.05) is 5.16 Å². The highest BCUT2D eigenvalue weighted by molar-refractivity contribution is 9.10. The summed E-state index contributed by atoms with van der Waals surface area (Å²) in [5.74, 6) is 1.02. The zero-order chi connectivity index (χ0) is 11.5. The van der Waals surface area contributed by atoms with Crippen LogP contribution in [0.2, 0.25) is 0 Å². The first kappa shape index (κ1) is 10.8. The molecule has 0 spiro atoms. The Balaban J connectivity index is 2.10. The van der Waals surface area contributed by atoms with Gasteiger partial charge in [0.15, 0.2) is 5.82 Å². The molecule has 0 amide bonds. The summed E-state index contributed by atoms with van der Waals surface area (Å²) in [5.41, 5.74) is 0.270. The van der Waals surface area contributed by atoms with E-state index in [0.717, 1.165) is 0 Å². The Morgan fingerprint density at radius 1 is 1.62 bits per heavy atom. The largest absolute Gasteiger partial charge is 0.374 e. The van der Waals surface area contributed by atoms with Crippen LogP contribution in [-0.4, -0.2) is 20.3 Å². The van der Waals surface area contributed by atoms with Gasteiger partial charge in [-0.15, -0.1) is 0 Å². The zero-order valence-electron chi connectivity index (χ0n) is 8.32. The molecule has 0 aliphatic rings. The van der Waals surface area contributed by atoms with Crippen LogP contribution in [0.1, 0.15) is 11.7 Å². The molecule has 0 radical (unpaired) electrons. The van der Waals surface area contributed by atoms with Crippen LogP contribution in [0.4, 0.5) is 5.69 Å². The normalized spacial score (nSPS) is 10.4. The molecule has 0 fully saturated rings. The summed E-state index contributed by atoms with van der Waals surface area (Å²) in [5, 5.41) is 12.6. The number of aryl methyl sites for hydroxylation is 1. The molecule has 0 saturated heterocycles. The Morgan fingerprint density at radius 2 is 2.44 bits per heavy atom. The molecule has 8 heteroatoms. The van der Waals surface area contributed by atoms with Crippen molar-refractivity contribution < 1.29 is 4.52 Å². The van der Waals surface area contributed by atoms with Crippen LogP contribution in [0, 0.1) is 6.92 Å². The Morgan fingerprint density at radius 3 is 3.12 bits per heavy atom. The van der Waals surface area contributed by atoms with Crippen LogP contribution in [0.3, 0.4) is 0 Å². The average Bonchev–Trinajstić information content (AvgIpc) is 2.67. The van der Waals surface area contributed by atoms with Gasteiger partial charge in [-0.25, -0.2) is 5.10 Å². The number of halogens is 1. The number of hydrogen-bond donors (Lipinski definition) is 2. The smallest absolute Gasteiger partial charge is 0.280 e. The van der Waals surface area contributed by atoms with Gasteiger partial charge >= 0.3 is 0 Å². The molecule has 7 nitrogen and oxygen atoms in total. The first-order valence-electron chi connectivity index (χ1n) is 4.43. The molecule has 2 N–H and O–H groups in total. The monoisotopic (exact) mass is 285 g/mol. The van der Waals surface area contributed by atoms with Crippen molar-refractivity contribution in [2.24, 2.45) is 0 Å². The highest BCUT2D eigenvalue weighted by Crippen LogP contribution is 2.15. The predicted octanol–water partition coefficient (Wildman–Crippen LogP) is 0.836. The van der Waals surface area contributed by atoms with Crippen LogP contribution in [-0.2, 0) is 6.54 Å². The van der Waals surface area contributed by atoms with Crippen LogP contribution in [0.25, 0.3) is 0 Å². The molecule has 16 heavy (non-hydrogen) atoms. The maximum atomic E-state index is 11.2. The number of anilines is 1. The lowest BCUT2D eigenvalue weighted by atomic mass is 10.4. The van der Waals surface area contributed by atoms with Gasteiger partial charge < -0.3 is 9.84 Å². The van der Waals surface area contributed by atoms with E-state index >= 15 is 0 Å². The minimum absolute atomic E-state index is 0.299. The van der Waals surface area contributed by atoms with E-state index in [1.54, 1.807) is 6.92 Å². The summed E-state index contributed by atoms with van der Waals surface area (Å²) in [7, 11) is 0. The van der Waals surface area contributed by atoms with Crippen LogP contribution >= 0.6 is 15.9 Å². The number of nitrogens with zero attached hydrogens (tertiary/aromatic N) is 3. The second kappa shape index (κ2) is 4.44. The number of hydrogen-bond acceptors (Lipinski definition) is 6. The Kier molecular flexibility index (Phi) is 3.00. The van der Waals surface area contributed by atoms with Gasteiger partial charge in [-0.2, -0.15) is 10.1 Å². The first-order chi connectivity index (χ1) is 7.66. The molecule has 0 aromatic carbocycles. The molecule has 0 saturated carbocycles. The topological polar surface area (TPSA) is 96.7 Å². The lowest BCUT2D eigenvalue weighted by Crippen LogP contribution is -2.12. The molecular weight excluding hydrogens is 278 g/mol. The summed E-state index contributed by atoms with van der Waals surface area (Å²) < 4.78 is 5.30. The van der Waals surface area contributed by atoms with Gasteiger partial charge in [0.25, 0.3) is 5.56 Å². The van der Waals surface area contributed by atoms with Crippen molar-refractivity contribution in [1.29, 1.82) is 0 Å². The highest BCUT2D eigenvalue weighted by Gasteiger charge is 2.06. The number of nitrogens with one attached hydrogen (secondary N) is 2. The third-order valence-electron chi connectivity index (χ3n) is 1.80. The molecule has 2 rings (SSSR count). The van der Waals surface area contributed by atoms with Gasteiger partial charge in [0, 0.05) is 0 Å². The Hall–Kier alpha value is -1.70. The average molecular weight is 286 g/mol. The fourth-order valence-electron chi connectivity index (χ4n) is 1.09. The van der Waals surface area contributed by atoms with Crippen molar-refractivity contribution >= 4 is 21.6 Å². The van der Waals surface area contributed by atoms with E-state index in [1.807, 2.05) is 0 Å². The quantitative estimate of drug-likeness (QED) is 0.867. The van der Waals surface area contributed by atoms with Crippen molar-refractivity contribution in [2.75, 3.05) is 5.32 Å². The van der Waals surface area contributed by atoms with Crippen molar-refractivity contribution in [3.63, 3.8) is 0 Å². The van der Waals surface area contributed by atoms with Crippen molar-refractivity contribution in [3.8, 4) is 0 Å². The van der Waals surface area contributed by atoms with E-state index in [2.05, 4.69) is 41.6 Å². The van der Waals surface area contributed by atoms with Gasteiger partial charge in [-0.3, -0.25) is 4.79 Å². The minimum atomic E-state index is -0.299. The SMILES string of the molecule is Cc1noc(CNc2cn[nH]c(=O)c2Br)n1. The van der Waals surface area contributed by atoms with Gasteiger partial charge in [0.05, 0.1) is 18.4 Å². The molecule has 0 aliphatic carbocycles. The van der Waals surface area contributed by atoms with Gasteiger partial charge in [0.2, 0.25) is 5.89 Å². The van der Waals surface area contributed by atoms with E-state index in [0.29, 0.717) is 28.4 Å². The summed E-state index contributed by atoms with van der Waals surface area (Å²) in [6, 6.07) is 0. The third kappa shape index (κ3) is 2.27. The fraction of sp³-hybridized carbons (Fsp3) is 0.250. The second-order valence-corrected chi connectivity index (χ2v) is 3.81. The summed E-state index contributed by atoms with van der Waals surface area (Å²) >= 11 is 3.15. The lowest BCUT2D eigenvalue weighted by Gasteiger charge is -2.03. The van der Waals surface area contributed by atoms with E-state index in [9.17, 15) is 4.79 Å². The van der Waals surface area contributed by atoms with Crippen molar-refractivity contribution in [2.45, 2.75) is 13.5 Å². The lowest BCUT2D eigenvalue weighted by molar-refractivity contribution is 0.379. The van der Waals surface area contributed by atoms with Crippen LogP contribution < -0.4 is 10.9 Å². The molecule has 84 valence electrons. The third-order valence-corrected chi connectivity index (χ3v) is 2.58. The number of aromatic amines is 1. The van der Waals surface area contributed by atoms with E-state index in [-0.39, 0.29) is 5.56 Å². The van der Waals surface area contributed by atoms with Gasteiger partial charge in [-0.05, 0) is 22.9 Å². The Bertz CT molecular complexity index is 549. The molecule has 0 atom stereocenters. The number of rotatable bonds is 3. The highest BCUT2D eigenvalue weighted by atomic mass is 79.9. The zero-order valence-corrected chi connectivity index (χ0v) is 9.91. The second-order valence-electron chi connectivity index (χ2n) is 3.02. The Labute approximate surface area is 98.4 Å². The molecular formula is C8H8BrN5O2. The molecule has 2 aromatic heterocycles. The summed E-state index contributed by atoms with van der Waals surface area (Å²) in [6.45, 7) is 2.07. The summed E-state index contributed by atoms with van der Waals surface area (Å²) in [4.78, 5) is 15.2. The molecule has 2 heterocycles. The van der Waals surface area contributed by atoms with Crippen molar-refractivity contribution in [3.05, 3.63) is 32.7 Å². The van der Waals surface area contributed by atoms with Crippen molar-refractivity contribution in [1.82, 2.24) is 20.3 Å². The number of H-pyrrole nitrogens is 1. The standard InChI is InChI=1S/C8H8BrN5O2/c1-4-12-6(16-14-4)3-10-5-2-11-13-8(15)7(5)9/h2H,3H2,1H3,(H2,10,13,15). The first-order valence-corrected chi connectivity index (χ1v) is 5.22. The van der Waals surface area contributed by atoms with E-state index in [4.69, 9.17) is 4.52 Å². The van der Waals surface area contributed by atoms with Crippen LogP contribution in [0.15, 0.2) is 20.0 Å². The molecule has 2 aromatic rings. The molecule has 0 bridgehead atoms. The van der Waals surface area contributed by atoms with E-state index < -0.39 is 0 Å².